The number of thioether (sulfide) groups is 1. The van der Waals surface area contributed by atoms with Crippen LogP contribution in [0.15, 0.2) is 59.5 Å². The van der Waals surface area contributed by atoms with Crippen molar-refractivity contribution in [2.45, 2.75) is 22.2 Å². The van der Waals surface area contributed by atoms with Crippen LogP contribution in [0.4, 0.5) is 23.7 Å². The minimum atomic E-state index is -4.70. The van der Waals surface area contributed by atoms with Crippen molar-refractivity contribution >= 4 is 23.5 Å². The number of anilines is 1. The van der Waals surface area contributed by atoms with Gasteiger partial charge >= 0.3 is 12.2 Å². The number of nitrogens with one attached hydrogen (secondary N) is 2. The van der Waals surface area contributed by atoms with E-state index in [4.69, 9.17) is 0 Å². The molecule has 0 radical (unpaired) electrons. The first-order valence-electron chi connectivity index (χ1n) is 7.19. The van der Waals surface area contributed by atoms with Crippen molar-refractivity contribution < 1.29 is 18.0 Å². The van der Waals surface area contributed by atoms with E-state index in [0.717, 1.165) is 4.90 Å². The number of para-hydroxylation sites is 1. The SMILES string of the molecule is O=C1N[C@@](c2ccccc2)(C(F)(F)F)N[C@@H]2Sc3ccccc3N12. The van der Waals surface area contributed by atoms with Crippen molar-refractivity contribution in [1.82, 2.24) is 10.6 Å². The number of benzene rings is 2. The molecule has 8 heteroatoms. The highest BCUT2D eigenvalue weighted by Gasteiger charge is 2.62. The molecule has 4 nitrogen and oxygen atoms in total. The molecule has 0 bridgehead atoms. The van der Waals surface area contributed by atoms with Gasteiger partial charge in [0.05, 0.1) is 5.69 Å². The number of hydrogen-bond donors (Lipinski definition) is 2. The van der Waals surface area contributed by atoms with E-state index >= 15 is 0 Å². The van der Waals surface area contributed by atoms with Gasteiger partial charge in [0.1, 0.15) is 5.50 Å². The summed E-state index contributed by atoms with van der Waals surface area (Å²) in [6.45, 7) is 0. The molecule has 0 aromatic heterocycles. The number of alkyl halides is 3. The Morgan fingerprint density at radius 1 is 1.04 bits per heavy atom. The normalized spacial score (nSPS) is 25.9. The zero-order chi connectivity index (χ0) is 16.9. The van der Waals surface area contributed by atoms with Crippen molar-refractivity contribution in [3.05, 3.63) is 60.2 Å². The predicted octanol–water partition coefficient (Wildman–Crippen LogP) is 3.61. The molecule has 0 unspecified atom stereocenters. The van der Waals surface area contributed by atoms with Crippen LogP contribution in [-0.4, -0.2) is 17.7 Å². The Morgan fingerprint density at radius 3 is 2.42 bits per heavy atom. The van der Waals surface area contributed by atoms with Crippen molar-refractivity contribution in [1.29, 1.82) is 0 Å². The second-order valence-corrected chi connectivity index (χ2v) is 6.62. The van der Waals surface area contributed by atoms with Gasteiger partial charge in [0.2, 0.25) is 5.66 Å². The van der Waals surface area contributed by atoms with Crippen LogP contribution in [0.5, 0.6) is 0 Å². The topological polar surface area (TPSA) is 44.4 Å². The summed E-state index contributed by atoms with van der Waals surface area (Å²) in [4.78, 5) is 14.6. The number of hydrogen-bond acceptors (Lipinski definition) is 3. The molecule has 124 valence electrons. The van der Waals surface area contributed by atoms with Gasteiger partial charge in [-0.05, 0) is 12.1 Å². The predicted molar refractivity (Wildman–Crippen MR) is 84.4 cm³/mol. The van der Waals surface area contributed by atoms with Gasteiger partial charge in [-0.25, -0.2) is 4.79 Å². The fourth-order valence-corrected chi connectivity index (χ4v) is 4.20. The summed E-state index contributed by atoms with van der Waals surface area (Å²) in [6.07, 6.45) is -4.70. The Hall–Kier alpha value is -2.19. The summed E-state index contributed by atoms with van der Waals surface area (Å²) in [7, 11) is 0. The van der Waals surface area contributed by atoms with Crippen LogP contribution >= 0.6 is 11.8 Å². The molecule has 2 amide bonds. The van der Waals surface area contributed by atoms with E-state index in [1.165, 1.54) is 40.9 Å². The van der Waals surface area contributed by atoms with Gasteiger partial charge < -0.3 is 5.32 Å². The van der Waals surface area contributed by atoms with Crippen LogP contribution in [0.3, 0.4) is 0 Å². The van der Waals surface area contributed by atoms with Gasteiger partial charge in [0.25, 0.3) is 0 Å². The maximum Gasteiger partial charge on any atom is 0.429 e. The zero-order valence-electron chi connectivity index (χ0n) is 12.2. The van der Waals surface area contributed by atoms with Crippen LogP contribution < -0.4 is 15.5 Å². The van der Waals surface area contributed by atoms with Crippen molar-refractivity contribution in [3.8, 4) is 0 Å². The van der Waals surface area contributed by atoms with E-state index in [-0.39, 0.29) is 5.56 Å². The number of carbonyl (C=O) groups is 1. The molecule has 24 heavy (non-hydrogen) atoms. The maximum atomic E-state index is 13.9. The lowest BCUT2D eigenvalue weighted by molar-refractivity contribution is -0.210. The Balaban J connectivity index is 1.80. The Morgan fingerprint density at radius 2 is 1.71 bits per heavy atom. The molecular formula is C16H12F3N3OS. The number of urea groups is 1. The number of nitrogens with zero attached hydrogens (tertiary/aromatic N) is 1. The molecule has 2 N–H and O–H groups in total. The summed E-state index contributed by atoms with van der Waals surface area (Å²) >= 11 is 1.19. The van der Waals surface area contributed by atoms with Gasteiger partial charge in [-0.1, -0.05) is 54.2 Å². The van der Waals surface area contributed by atoms with Gasteiger partial charge in [-0.3, -0.25) is 10.2 Å². The summed E-state index contributed by atoms with van der Waals surface area (Å²) in [5.74, 6) is 0. The van der Waals surface area contributed by atoms with E-state index in [9.17, 15) is 18.0 Å². The average Bonchev–Trinajstić information content (AvgIpc) is 2.93. The molecule has 1 fully saturated rings. The Kier molecular flexibility index (Phi) is 3.29. The molecule has 0 aliphatic carbocycles. The molecule has 0 saturated carbocycles. The number of rotatable bonds is 1. The highest BCUT2D eigenvalue weighted by Crippen LogP contribution is 2.48. The molecule has 2 aliphatic rings. The second-order valence-electron chi connectivity index (χ2n) is 5.50. The lowest BCUT2D eigenvalue weighted by Gasteiger charge is -2.46. The number of fused-ring (bicyclic) bond motifs is 3. The lowest BCUT2D eigenvalue weighted by atomic mass is 9.97. The number of carbonyl (C=O) groups excluding carboxylic acids is 1. The molecule has 0 spiro atoms. The molecule has 2 atom stereocenters. The standard InChI is InChI=1S/C16H12F3N3OS/c17-16(18,19)15(10-6-2-1-3-7-10)20-13(23)22-11-8-4-5-9-12(11)24-14(22)21-15/h1-9,14,21H,(H,20,23)/t14-,15+/m0/s1. The Labute approximate surface area is 140 Å². The zero-order valence-corrected chi connectivity index (χ0v) is 13.0. The number of halogens is 3. The van der Waals surface area contributed by atoms with Crippen molar-refractivity contribution in [3.63, 3.8) is 0 Å². The highest BCUT2D eigenvalue weighted by atomic mass is 32.2. The van der Waals surface area contributed by atoms with Crippen LogP contribution in [-0.2, 0) is 5.66 Å². The minimum Gasteiger partial charge on any atom is -0.308 e. The quantitative estimate of drug-likeness (QED) is 0.825. The molecule has 4 rings (SSSR count). The lowest BCUT2D eigenvalue weighted by Crippen LogP contribution is -2.75. The monoisotopic (exact) mass is 351 g/mol. The fourth-order valence-electron chi connectivity index (χ4n) is 2.97. The summed E-state index contributed by atoms with van der Waals surface area (Å²) in [6, 6.07) is 13.6. The van der Waals surface area contributed by atoms with Crippen molar-refractivity contribution in [2.75, 3.05) is 4.90 Å². The van der Waals surface area contributed by atoms with E-state index in [0.29, 0.717) is 5.69 Å². The first kappa shape index (κ1) is 15.3. The average molecular weight is 351 g/mol. The van der Waals surface area contributed by atoms with Crippen LogP contribution in [0.1, 0.15) is 5.56 Å². The highest BCUT2D eigenvalue weighted by molar-refractivity contribution is 8.00. The maximum absolute atomic E-state index is 13.9. The third-order valence-corrected chi connectivity index (χ3v) is 5.23. The van der Waals surface area contributed by atoms with Crippen LogP contribution in [0.2, 0.25) is 0 Å². The molecule has 2 aromatic rings. The van der Waals surface area contributed by atoms with E-state index in [2.05, 4.69) is 10.6 Å². The molecular weight excluding hydrogens is 339 g/mol. The van der Waals surface area contributed by atoms with E-state index in [1.807, 2.05) is 0 Å². The third kappa shape index (κ3) is 2.10. The summed E-state index contributed by atoms with van der Waals surface area (Å²) in [5.41, 5.74) is -2.91. The van der Waals surface area contributed by atoms with Crippen LogP contribution in [0, 0.1) is 0 Å². The minimum absolute atomic E-state index is 0.0537. The summed E-state index contributed by atoms with van der Waals surface area (Å²) in [5, 5.41) is 4.73. The molecule has 2 aromatic carbocycles. The van der Waals surface area contributed by atoms with Gasteiger partial charge in [-0.15, -0.1) is 0 Å². The van der Waals surface area contributed by atoms with Gasteiger partial charge in [0.15, 0.2) is 0 Å². The Bertz CT molecular complexity index is 799. The second kappa shape index (κ2) is 5.15. The van der Waals surface area contributed by atoms with Gasteiger partial charge in [-0.2, -0.15) is 13.2 Å². The fraction of sp³-hybridized carbons (Fsp3) is 0.188. The third-order valence-electron chi connectivity index (χ3n) is 4.08. The van der Waals surface area contributed by atoms with E-state index in [1.54, 1.807) is 30.3 Å². The summed E-state index contributed by atoms with van der Waals surface area (Å²) < 4.78 is 41.8. The van der Waals surface area contributed by atoms with Gasteiger partial charge in [0, 0.05) is 10.5 Å². The largest absolute Gasteiger partial charge is 0.429 e. The smallest absolute Gasteiger partial charge is 0.308 e. The van der Waals surface area contributed by atoms with E-state index < -0.39 is 23.4 Å². The van der Waals surface area contributed by atoms with Crippen LogP contribution in [0.25, 0.3) is 0 Å². The van der Waals surface area contributed by atoms with Crippen molar-refractivity contribution in [2.24, 2.45) is 0 Å². The molecule has 2 heterocycles. The first-order valence-corrected chi connectivity index (χ1v) is 8.07. The molecule has 1 saturated heterocycles. The first-order chi connectivity index (χ1) is 11.4. The molecule has 2 aliphatic heterocycles. The number of amides is 2.